The summed E-state index contributed by atoms with van der Waals surface area (Å²) in [5.74, 6) is -0.262. The van der Waals surface area contributed by atoms with Crippen molar-refractivity contribution in [3.05, 3.63) is 75.8 Å². The number of amides is 1. The van der Waals surface area contributed by atoms with E-state index in [-0.39, 0.29) is 24.1 Å². The normalized spacial score (nSPS) is 12.1. The van der Waals surface area contributed by atoms with Crippen molar-refractivity contribution in [3.8, 4) is 0 Å². The lowest BCUT2D eigenvalue weighted by molar-refractivity contribution is -0.122. The number of nitrogens with zero attached hydrogens (tertiary/aromatic N) is 2. The zero-order valence-electron chi connectivity index (χ0n) is 13.1. The predicted molar refractivity (Wildman–Crippen MR) is 94.0 cm³/mol. The molecule has 1 aromatic heterocycles. The molecule has 2 aromatic carbocycles. The highest BCUT2D eigenvalue weighted by Crippen LogP contribution is 2.17. The standard InChI is InChI=1S/C18H16ClN3O2/c1-12(13-5-4-6-14(19)9-13)21-17(23)10-22-11-20-16-8-3-2-7-15(16)18(22)24/h2-9,11-12H,10H2,1H3,(H,21,23)/t12-/m0/s1. The van der Waals surface area contributed by atoms with Crippen molar-refractivity contribution in [2.45, 2.75) is 19.5 Å². The van der Waals surface area contributed by atoms with Crippen LogP contribution in [0.3, 0.4) is 0 Å². The Balaban J connectivity index is 1.75. The van der Waals surface area contributed by atoms with Crippen LogP contribution >= 0.6 is 11.6 Å². The van der Waals surface area contributed by atoms with E-state index in [1.807, 2.05) is 25.1 Å². The minimum Gasteiger partial charge on any atom is -0.348 e. The molecule has 0 spiro atoms. The van der Waals surface area contributed by atoms with E-state index in [0.717, 1.165) is 5.56 Å². The lowest BCUT2D eigenvalue weighted by Crippen LogP contribution is -2.33. The van der Waals surface area contributed by atoms with Gasteiger partial charge in [0, 0.05) is 5.02 Å². The molecule has 1 amide bonds. The van der Waals surface area contributed by atoms with E-state index in [4.69, 9.17) is 11.6 Å². The molecular formula is C18H16ClN3O2. The van der Waals surface area contributed by atoms with Crippen LogP contribution in [0.2, 0.25) is 5.02 Å². The van der Waals surface area contributed by atoms with Crippen LogP contribution in [0.5, 0.6) is 0 Å². The average Bonchev–Trinajstić information content (AvgIpc) is 2.57. The van der Waals surface area contributed by atoms with Gasteiger partial charge in [-0.25, -0.2) is 4.98 Å². The van der Waals surface area contributed by atoms with E-state index in [2.05, 4.69) is 10.3 Å². The molecule has 0 aliphatic carbocycles. The van der Waals surface area contributed by atoms with Gasteiger partial charge in [0.1, 0.15) is 6.54 Å². The molecule has 6 heteroatoms. The third-order valence-corrected chi connectivity index (χ3v) is 4.01. The second-order valence-corrected chi connectivity index (χ2v) is 5.98. The smallest absolute Gasteiger partial charge is 0.261 e. The van der Waals surface area contributed by atoms with Crippen molar-refractivity contribution in [2.24, 2.45) is 0 Å². The first kappa shape index (κ1) is 16.2. The highest BCUT2D eigenvalue weighted by molar-refractivity contribution is 6.30. The summed E-state index contributed by atoms with van der Waals surface area (Å²) in [5.41, 5.74) is 1.29. The Morgan fingerprint density at radius 1 is 1.25 bits per heavy atom. The molecule has 24 heavy (non-hydrogen) atoms. The van der Waals surface area contributed by atoms with Crippen LogP contribution in [0.4, 0.5) is 0 Å². The lowest BCUT2D eigenvalue weighted by Gasteiger charge is -2.15. The number of hydrogen-bond acceptors (Lipinski definition) is 3. The van der Waals surface area contributed by atoms with Gasteiger partial charge in [-0.3, -0.25) is 14.2 Å². The molecule has 5 nitrogen and oxygen atoms in total. The Kier molecular flexibility index (Phi) is 4.62. The van der Waals surface area contributed by atoms with Crippen molar-refractivity contribution >= 4 is 28.4 Å². The fourth-order valence-corrected chi connectivity index (χ4v) is 2.72. The Labute approximate surface area is 143 Å². The Bertz CT molecular complexity index is 952. The van der Waals surface area contributed by atoms with Gasteiger partial charge in [0.15, 0.2) is 0 Å². The van der Waals surface area contributed by atoms with Crippen molar-refractivity contribution in [2.75, 3.05) is 0 Å². The molecule has 0 saturated carbocycles. The fraction of sp³-hybridized carbons (Fsp3) is 0.167. The number of carbonyl (C=O) groups excluding carboxylic acids is 1. The minimum absolute atomic E-state index is 0.0818. The topological polar surface area (TPSA) is 64.0 Å². The first-order chi connectivity index (χ1) is 11.5. The van der Waals surface area contributed by atoms with Gasteiger partial charge in [-0.05, 0) is 36.8 Å². The molecule has 3 aromatic rings. The third kappa shape index (κ3) is 3.46. The quantitative estimate of drug-likeness (QED) is 0.793. The molecular weight excluding hydrogens is 326 g/mol. The first-order valence-corrected chi connectivity index (χ1v) is 7.91. The second kappa shape index (κ2) is 6.84. The van der Waals surface area contributed by atoms with Crippen LogP contribution in [0, 0.1) is 0 Å². The van der Waals surface area contributed by atoms with Crippen LogP contribution in [-0.2, 0) is 11.3 Å². The summed E-state index contributed by atoms with van der Waals surface area (Å²) in [6, 6.07) is 14.2. The molecule has 0 fully saturated rings. The van der Waals surface area contributed by atoms with Crippen LogP contribution in [0.25, 0.3) is 10.9 Å². The zero-order chi connectivity index (χ0) is 17.1. The van der Waals surface area contributed by atoms with Gasteiger partial charge in [-0.1, -0.05) is 35.9 Å². The maximum Gasteiger partial charge on any atom is 0.261 e. The Morgan fingerprint density at radius 2 is 2.04 bits per heavy atom. The summed E-state index contributed by atoms with van der Waals surface area (Å²) in [5, 5.41) is 3.97. The summed E-state index contributed by atoms with van der Waals surface area (Å²) in [4.78, 5) is 28.8. The summed E-state index contributed by atoms with van der Waals surface area (Å²) >= 11 is 5.97. The predicted octanol–water partition coefficient (Wildman–Crippen LogP) is 2.93. The van der Waals surface area contributed by atoms with Crippen molar-refractivity contribution < 1.29 is 4.79 Å². The lowest BCUT2D eigenvalue weighted by atomic mass is 10.1. The van der Waals surface area contributed by atoms with E-state index in [9.17, 15) is 9.59 Å². The summed E-state index contributed by atoms with van der Waals surface area (Å²) in [7, 11) is 0. The van der Waals surface area contributed by atoms with Gasteiger partial charge < -0.3 is 5.32 Å². The van der Waals surface area contributed by atoms with Crippen LogP contribution in [0.15, 0.2) is 59.7 Å². The summed E-state index contributed by atoms with van der Waals surface area (Å²) < 4.78 is 1.31. The van der Waals surface area contributed by atoms with Crippen LogP contribution < -0.4 is 10.9 Å². The molecule has 0 aliphatic heterocycles. The van der Waals surface area contributed by atoms with Crippen molar-refractivity contribution in [3.63, 3.8) is 0 Å². The number of nitrogens with one attached hydrogen (secondary N) is 1. The SMILES string of the molecule is C[C@H](NC(=O)Cn1cnc2ccccc2c1=O)c1cccc(Cl)c1. The zero-order valence-corrected chi connectivity index (χ0v) is 13.8. The largest absolute Gasteiger partial charge is 0.348 e. The molecule has 0 unspecified atom stereocenters. The molecule has 0 radical (unpaired) electrons. The average molecular weight is 342 g/mol. The van der Waals surface area contributed by atoms with Gasteiger partial charge >= 0.3 is 0 Å². The highest BCUT2D eigenvalue weighted by Gasteiger charge is 2.12. The highest BCUT2D eigenvalue weighted by atomic mass is 35.5. The minimum atomic E-state index is -0.262. The van der Waals surface area contributed by atoms with Crippen molar-refractivity contribution in [1.29, 1.82) is 0 Å². The molecule has 0 bridgehead atoms. The Hall–Kier alpha value is -2.66. The molecule has 1 atom stereocenters. The van der Waals surface area contributed by atoms with Crippen LogP contribution in [0.1, 0.15) is 18.5 Å². The number of rotatable bonds is 4. The Morgan fingerprint density at radius 3 is 2.83 bits per heavy atom. The molecule has 1 N–H and O–H groups in total. The van der Waals surface area contributed by atoms with Gasteiger partial charge in [-0.2, -0.15) is 0 Å². The van der Waals surface area contributed by atoms with Crippen molar-refractivity contribution in [1.82, 2.24) is 14.9 Å². The summed E-state index contributed by atoms with van der Waals surface area (Å²) in [6.45, 7) is 1.78. The number of fused-ring (bicyclic) bond motifs is 1. The van der Waals surface area contributed by atoms with Crippen LogP contribution in [-0.4, -0.2) is 15.5 Å². The first-order valence-electron chi connectivity index (χ1n) is 7.53. The molecule has 3 rings (SSSR count). The maximum atomic E-state index is 12.4. The van der Waals surface area contributed by atoms with E-state index >= 15 is 0 Å². The monoisotopic (exact) mass is 341 g/mol. The van der Waals surface area contributed by atoms with E-state index in [1.165, 1.54) is 10.9 Å². The number of aromatic nitrogens is 2. The fourth-order valence-electron chi connectivity index (χ4n) is 2.52. The second-order valence-electron chi connectivity index (χ2n) is 5.54. The van der Waals surface area contributed by atoms with Gasteiger partial charge in [0.2, 0.25) is 5.91 Å². The molecule has 0 saturated heterocycles. The third-order valence-electron chi connectivity index (χ3n) is 3.77. The van der Waals surface area contributed by atoms with Gasteiger partial charge in [0.05, 0.1) is 23.3 Å². The number of para-hydroxylation sites is 1. The van der Waals surface area contributed by atoms with Gasteiger partial charge in [-0.15, -0.1) is 0 Å². The number of hydrogen-bond donors (Lipinski definition) is 1. The molecule has 1 heterocycles. The molecule has 122 valence electrons. The molecule has 0 aliphatic rings. The van der Waals surface area contributed by atoms with E-state index in [1.54, 1.807) is 30.3 Å². The van der Waals surface area contributed by atoms with E-state index < -0.39 is 0 Å². The number of halogens is 1. The number of carbonyl (C=O) groups is 1. The van der Waals surface area contributed by atoms with E-state index in [0.29, 0.717) is 15.9 Å². The summed E-state index contributed by atoms with van der Waals surface area (Å²) in [6.07, 6.45) is 1.40. The van der Waals surface area contributed by atoms with Gasteiger partial charge in [0.25, 0.3) is 5.56 Å². The maximum absolute atomic E-state index is 12.4. The number of benzene rings is 2.